The second-order valence-corrected chi connectivity index (χ2v) is 7.89. The number of aromatic nitrogens is 2. The number of hydrogen-bond donors (Lipinski definition) is 1. The third-order valence-corrected chi connectivity index (χ3v) is 5.69. The number of pyridine rings is 1. The van der Waals surface area contributed by atoms with Crippen molar-refractivity contribution in [3.05, 3.63) is 60.0 Å². The molecule has 1 saturated heterocycles. The SMILES string of the molecule is COc1cc(C(=O)NCCc2cn3ccccc3n2)ccc1OC1CCN(C(C)=O)CC1. The molecule has 8 nitrogen and oxygen atoms in total. The van der Waals surface area contributed by atoms with E-state index < -0.39 is 0 Å². The van der Waals surface area contributed by atoms with Crippen molar-refractivity contribution in [2.24, 2.45) is 0 Å². The normalized spacial score (nSPS) is 14.4. The van der Waals surface area contributed by atoms with Gasteiger partial charge < -0.3 is 24.1 Å². The lowest BCUT2D eigenvalue weighted by molar-refractivity contribution is -0.130. The van der Waals surface area contributed by atoms with Crippen LogP contribution in [-0.4, -0.2) is 58.9 Å². The standard InChI is InChI=1S/C24H28N4O4/c1-17(29)27-13-9-20(10-14-27)32-21-7-6-18(15-22(21)31-2)24(30)25-11-8-19-16-28-12-4-3-5-23(28)26-19/h3-7,12,15-16,20H,8-11,13-14H2,1-2H3,(H,25,30). The summed E-state index contributed by atoms with van der Waals surface area (Å²) in [6.07, 6.45) is 6.13. The van der Waals surface area contributed by atoms with Crippen molar-refractivity contribution in [3.8, 4) is 11.5 Å². The van der Waals surface area contributed by atoms with E-state index in [4.69, 9.17) is 9.47 Å². The van der Waals surface area contributed by atoms with E-state index in [1.54, 1.807) is 32.2 Å². The van der Waals surface area contributed by atoms with Crippen molar-refractivity contribution < 1.29 is 19.1 Å². The van der Waals surface area contributed by atoms with E-state index in [1.807, 2.05) is 39.9 Å². The minimum Gasteiger partial charge on any atom is -0.493 e. The van der Waals surface area contributed by atoms with Crippen molar-refractivity contribution in [3.63, 3.8) is 0 Å². The second kappa shape index (κ2) is 9.72. The molecule has 3 heterocycles. The van der Waals surface area contributed by atoms with Gasteiger partial charge in [-0.3, -0.25) is 9.59 Å². The molecule has 8 heteroatoms. The van der Waals surface area contributed by atoms with Gasteiger partial charge in [0, 0.05) is 63.8 Å². The monoisotopic (exact) mass is 436 g/mol. The van der Waals surface area contributed by atoms with Gasteiger partial charge in [-0.25, -0.2) is 4.98 Å². The Labute approximate surface area is 187 Å². The number of imidazole rings is 1. The number of methoxy groups -OCH3 is 1. The number of fused-ring (bicyclic) bond motifs is 1. The second-order valence-electron chi connectivity index (χ2n) is 7.89. The number of nitrogens with zero attached hydrogens (tertiary/aromatic N) is 3. The van der Waals surface area contributed by atoms with Gasteiger partial charge in [0.15, 0.2) is 11.5 Å². The fraction of sp³-hybridized carbons (Fsp3) is 0.375. The zero-order valence-corrected chi connectivity index (χ0v) is 18.4. The van der Waals surface area contributed by atoms with Crippen LogP contribution < -0.4 is 14.8 Å². The smallest absolute Gasteiger partial charge is 0.251 e. The first-order chi connectivity index (χ1) is 15.5. The summed E-state index contributed by atoms with van der Waals surface area (Å²) in [5.41, 5.74) is 2.32. The number of rotatable bonds is 7. The first-order valence-electron chi connectivity index (χ1n) is 10.8. The number of carbonyl (C=O) groups is 2. The molecule has 4 rings (SSSR count). The van der Waals surface area contributed by atoms with Crippen LogP contribution >= 0.6 is 0 Å². The number of nitrogens with one attached hydrogen (secondary N) is 1. The molecule has 0 atom stereocenters. The molecule has 0 unspecified atom stereocenters. The summed E-state index contributed by atoms with van der Waals surface area (Å²) in [6, 6.07) is 11.1. The van der Waals surface area contributed by atoms with E-state index in [0.29, 0.717) is 43.1 Å². The molecule has 32 heavy (non-hydrogen) atoms. The van der Waals surface area contributed by atoms with Crippen molar-refractivity contribution >= 4 is 17.5 Å². The summed E-state index contributed by atoms with van der Waals surface area (Å²) < 4.78 is 13.5. The van der Waals surface area contributed by atoms with E-state index in [1.165, 1.54) is 0 Å². The molecule has 0 spiro atoms. The van der Waals surface area contributed by atoms with Crippen molar-refractivity contribution in [1.82, 2.24) is 19.6 Å². The van der Waals surface area contributed by atoms with Gasteiger partial charge in [-0.15, -0.1) is 0 Å². The first kappa shape index (κ1) is 21.7. The van der Waals surface area contributed by atoms with E-state index in [9.17, 15) is 9.59 Å². The Balaban J connectivity index is 1.32. The maximum absolute atomic E-state index is 12.6. The quantitative estimate of drug-likeness (QED) is 0.616. The molecule has 0 aliphatic carbocycles. The molecule has 1 aliphatic heterocycles. The molecule has 0 radical (unpaired) electrons. The van der Waals surface area contributed by atoms with Gasteiger partial charge in [-0.1, -0.05) is 6.07 Å². The van der Waals surface area contributed by atoms with Crippen molar-refractivity contribution in [2.75, 3.05) is 26.7 Å². The average Bonchev–Trinajstić information content (AvgIpc) is 3.22. The van der Waals surface area contributed by atoms with E-state index >= 15 is 0 Å². The molecule has 168 valence electrons. The fourth-order valence-corrected chi connectivity index (χ4v) is 3.89. The molecule has 0 bridgehead atoms. The molecule has 1 aliphatic rings. The molecule has 1 aromatic carbocycles. The summed E-state index contributed by atoms with van der Waals surface area (Å²) in [6.45, 7) is 3.45. The Morgan fingerprint density at radius 1 is 1.16 bits per heavy atom. The van der Waals surface area contributed by atoms with Gasteiger partial charge in [-0.05, 0) is 30.3 Å². The summed E-state index contributed by atoms with van der Waals surface area (Å²) >= 11 is 0. The Hall–Kier alpha value is -3.55. The zero-order valence-electron chi connectivity index (χ0n) is 18.4. The lowest BCUT2D eigenvalue weighted by Gasteiger charge is -2.31. The summed E-state index contributed by atoms with van der Waals surface area (Å²) in [5, 5.41) is 2.94. The van der Waals surface area contributed by atoms with Crippen LogP contribution in [0, 0.1) is 0 Å². The predicted octanol–water partition coefficient (Wildman–Crippen LogP) is 2.71. The number of hydrogen-bond acceptors (Lipinski definition) is 5. The molecular weight excluding hydrogens is 408 g/mol. The van der Waals surface area contributed by atoms with Gasteiger partial charge in [0.25, 0.3) is 5.91 Å². The van der Waals surface area contributed by atoms with E-state index in [0.717, 1.165) is 24.2 Å². The van der Waals surface area contributed by atoms with Crippen LogP contribution in [-0.2, 0) is 11.2 Å². The van der Waals surface area contributed by atoms with Crippen molar-refractivity contribution in [2.45, 2.75) is 32.3 Å². The van der Waals surface area contributed by atoms with E-state index in [-0.39, 0.29) is 17.9 Å². The Morgan fingerprint density at radius 3 is 2.69 bits per heavy atom. The number of benzene rings is 1. The highest BCUT2D eigenvalue weighted by Gasteiger charge is 2.23. The predicted molar refractivity (Wildman–Crippen MR) is 120 cm³/mol. The Bertz CT molecular complexity index is 1070. The minimum atomic E-state index is -0.173. The number of piperidine rings is 1. The molecular formula is C24H28N4O4. The first-order valence-corrected chi connectivity index (χ1v) is 10.8. The van der Waals surface area contributed by atoms with Crippen molar-refractivity contribution in [1.29, 1.82) is 0 Å². The number of ether oxygens (including phenoxy) is 2. The molecule has 2 amide bonds. The number of amides is 2. The Kier molecular flexibility index (Phi) is 6.58. The van der Waals surface area contributed by atoms with Crippen LogP contribution in [0.4, 0.5) is 0 Å². The van der Waals surface area contributed by atoms with Crippen LogP contribution in [0.3, 0.4) is 0 Å². The van der Waals surface area contributed by atoms with Gasteiger partial charge in [0.1, 0.15) is 11.8 Å². The molecule has 2 aromatic heterocycles. The molecule has 1 fully saturated rings. The van der Waals surface area contributed by atoms with Crippen LogP contribution in [0.5, 0.6) is 11.5 Å². The third-order valence-electron chi connectivity index (χ3n) is 5.69. The van der Waals surface area contributed by atoms with Crippen LogP contribution in [0.1, 0.15) is 35.8 Å². The number of carbonyl (C=O) groups excluding carboxylic acids is 2. The Morgan fingerprint density at radius 2 is 1.97 bits per heavy atom. The lowest BCUT2D eigenvalue weighted by atomic mass is 10.1. The van der Waals surface area contributed by atoms with Crippen LogP contribution in [0.2, 0.25) is 0 Å². The van der Waals surface area contributed by atoms with Crippen LogP contribution in [0.15, 0.2) is 48.8 Å². The highest BCUT2D eigenvalue weighted by atomic mass is 16.5. The van der Waals surface area contributed by atoms with E-state index in [2.05, 4.69) is 10.3 Å². The topological polar surface area (TPSA) is 85.2 Å². The number of likely N-dealkylation sites (tertiary alicyclic amines) is 1. The highest BCUT2D eigenvalue weighted by molar-refractivity contribution is 5.94. The molecule has 0 saturated carbocycles. The largest absolute Gasteiger partial charge is 0.493 e. The van der Waals surface area contributed by atoms with Gasteiger partial charge in [-0.2, -0.15) is 0 Å². The molecule has 1 N–H and O–H groups in total. The van der Waals surface area contributed by atoms with Gasteiger partial charge in [0.05, 0.1) is 12.8 Å². The summed E-state index contributed by atoms with van der Waals surface area (Å²) in [7, 11) is 1.56. The lowest BCUT2D eigenvalue weighted by Crippen LogP contribution is -2.40. The maximum atomic E-state index is 12.6. The van der Waals surface area contributed by atoms with Crippen LogP contribution in [0.25, 0.3) is 5.65 Å². The summed E-state index contributed by atoms with van der Waals surface area (Å²) in [4.78, 5) is 30.5. The van der Waals surface area contributed by atoms with Gasteiger partial charge >= 0.3 is 0 Å². The zero-order chi connectivity index (χ0) is 22.5. The minimum absolute atomic E-state index is 0.0182. The summed E-state index contributed by atoms with van der Waals surface area (Å²) in [5.74, 6) is 1.05. The highest BCUT2D eigenvalue weighted by Crippen LogP contribution is 2.30. The average molecular weight is 437 g/mol. The fourth-order valence-electron chi connectivity index (χ4n) is 3.89. The maximum Gasteiger partial charge on any atom is 0.251 e. The molecule has 3 aromatic rings. The van der Waals surface area contributed by atoms with Gasteiger partial charge in [0.2, 0.25) is 5.91 Å². The third kappa shape index (κ3) is 5.01.